The third-order valence-electron chi connectivity index (χ3n) is 4.60. The highest BCUT2D eigenvalue weighted by molar-refractivity contribution is 5.72. The lowest BCUT2D eigenvalue weighted by atomic mass is 9.95. The van der Waals surface area contributed by atoms with Crippen LogP contribution < -0.4 is 0 Å². The summed E-state index contributed by atoms with van der Waals surface area (Å²) in [6.07, 6.45) is 1.80. The normalized spacial score (nSPS) is 14.8. The molecule has 0 amide bonds. The molecule has 3 atom stereocenters. The van der Waals surface area contributed by atoms with E-state index in [2.05, 4.69) is 6.58 Å². The number of esters is 2. The van der Waals surface area contributed by atoms with Crippen LogP contribution in [0.2, 0.25) is 0 Å². The number of benzene rings is 1. The molecule has 0 saturated carbocycles. The monoisotopic (exact) mass is 402 g/mol. The minimum absolute atomic E-state index is 0.137. The fourth-order valence-corrected chi connectivity index (χ4v) is 2.79. The molecule has 160 valence electrons. The third-order valence-corrected chi connectivity index (χ3v) is 4.60. The largest absolute Gasteiger partial charge is 0.461 e. The fraction of sp³-hybridized carbons (Fsp3) is 0.500. The van der Waals surface area contributed by atoms with Crippen molar-refractivity contribution in [3.05, 3.63) is 59.9 Å². The molecular weight excluding hydrogens is 368 g/mol. The van der Waals surface area contributed by atoms with Gasteiger partial charge in [0.1, 0.15) is 12.4 Å². The molecule has 0 aliphatic rings. The van der Waals surface area contributed by atoms with E-state index >= 15 is 0 Å². The lowest BCUT2D eigenvalue weighted by Crippen LogP contribution is -2.28. The van der Waals surface area contributed by atoms with Gasteiger partial charge in [-0.2, -0.15) is 0 Å². The Kier molecular flexibility index (Phi) is 10.4. The van der Waals surface area contributed by atoms with Crippen molar-refractivity contribution in [2.24, 2.45) is 11.8 Å². The second-order valence-corrected chi connectivity index (χ2v) is 7.52. The average Bonchev–Trinajstić information content (AvgIpc) is 2.69. The Morgan fingerprint density at radius 3 is 2.24 bits per heavy atom. The Morgan fingerprint density at radius 2 is 1.72 bits per heavy atom. The highest BCUT2D eigenvalue weighted by atomic mass is 16.5. The SMILES string of the molecule is C=C(COC(C)=O)C[C@@H](O[C@H](C)c1ccccc1)[C@@H](C)/C(=C/C)OC(=O)C(C)C. The number of ether oxygens (including phenoxy) is 3. The van der Waals surface area contributed by atoms with E-state index < -0.39 is 0 Å². The van der Waals surface area contributed by atoms with Crippen LogP contribution in [0.1, 0.15) is 59.6 Å². The maximum Gasteiger partial charge on any atom is 0.313 e. The van der Waals surface area contributed by atoms with Crippen molar-refractivity contribution in [1.82, 2.24) is 0 Å². The maximum absolute atomic E-state index is 12.1. The molecule has 0 radical (unpaired) electrons. The van der Waals surface area contributed by atoms with Crippen LogP contribution in [-0.4, -0.2) is 24.6 Å². The molecule has 0 aliphatic carbocycles. The topological polar surface area (TPSA) is 61.8 Å². The summed E-state index contributed by atoms with van der Waals surface area (Å²) in [4.78, 5) is 23.2. The fourth-order valence-electron chi connectivity index (χ4n) is 2.79. The van der Waals surface area contributed by atoms with E-state index in [0.29, 0.717) is 12.2 Å². The predicted molar refractivity (Wildman–Crippen MR) is 114 cm³/mol. The molecule has 1 aromatic rings. The van der Waals surface area contributed by atoms with Crippen LogP contribution >= 0.6 is 0 Å². The molecule has 0 N–H and O–H groups in total. The van der Waals surface area contributed by atoms with Crippen molar-refractivity contribution in [2.45, 2.75) is 60.2 Å². The van der Waals surface area contributed by atoms with Crippen molar-refractivity contribution in [1.29, 1.82) is 0 Å². The van der Waals surface area contributed by atoms with Gasteiger partial charge < -0.3 is 14.2 Å². The molecule has 0 aromatic heterocycles. The maximum atomic E-state index is 12.1. The first-order chi connectivity index (χ1) is 13.6. The summed E-state index contributed by atoms with van der Waals surface area (Å²) in [5.74, 6) is -0.483. The van der Waals surface area contributed by atoms with Crippen molar-refractivity contribution in [3.63, 3.8) is 0 Å². The minimum atomic E-state index is -0.352. The Balaban J connectivity index is 2.99. The van der Waals surface area contributed by atoms with Gasteiger partial charge in [0, 0.05) is 12.8 Å². The molecule has 1 aromatic carbocycles. The molecule has 0 saturated heterocycles. The molecule has 0 heterocycles. The number of hydrogen-bond donors (Lipinski definition) is 0. The van der Waals surface area contributed by atoms with Gasteiger partial charge in [-0.25, -0.2) is 0 Å². The summed E-state index contributed by atoms with van der Waals surface area (Å²) < 4.78 is 17.0. The zero-order valence-electron chi connectivity index (χ0n) is 18.4. The summed E-state index contributed by atoms with van der Waals surface area (Å²) in [5.41, 5.74) is 1.79. The predicted octanol–water partition coefficient (Wildman–Crippen LogP) is 5.38. The van der Waals surface area contributed by atoms with Crippen LogP contribution in [0.4, 0.5) is 0 Å². The Hall–Kier alpha value is -2.40. The van der Waals surface area contributed by atoms with Crippen molar-refractivity contribution < 1.29 is 23.8 Å². The molecule has 0 aliphatic heterocycles. The molecule has 29 heavy (non-hydrogen) atoms. The van der Waals surface area contributed by atoms with Gasteiger partial charge in [0.15, 0.2) is 0 Å². The lowest BCUT2D eigenvalue weighted by molar-refractivity contribution is -0.145. The smallest absolute Gasteiger partial charge is 0.313 e. The Bertz CT molecular complexity index is 705. The first-order valence-corrected chi connectivity index (χ1v) is 10.0. The molecule has 0 bridgehead atoms. The van der Waals surface area contributed by atoms with Crippen LogP contribution in [0.25, 0.3) is 0 Å². The first kappa shape index (κ1) is 24.6. The quantitative estimate of drug-likeness (QED) is 0.282. The number of carbonyl (C=O) groups is 2. The van der Waals surface area contributed by atoms with E-state index in [1.165, 1.54) is 6.92 Å². The van der Waals surface area contributed by atoms with E-state index in [1.54, 1.807) is 19.9 Å². The van der Waals surface area contributed by atoms with Crippen molar-refractivity contribution >= 4 is 11.9 Å². The Morgan fingerprint density at radius 1 is 1.10 bits per heavy atom. The minimum Gasteiger partial charge on any atom is -0.461 e. The summed E-state index contributed by atoms with van der Waals surface area (Å²) in [7, 11) is 0. The average molecular weight is 403 g/mol. The van der Waals surface area contributed by atoms with E-state index in [-0.39, 0.29) is 42.6 Å². The molecular formula is C24H34O5. The second kappa shape index (κ2) is 12.2. The van der Waals surface area contributed by atoms with Crippen LogP contribution in [0, 0.1) is 11.8 Å². The Labute approximate surface area is 174 Å². The summed E-state index contributed by atoms with van der Waals surface area (Å²) in [6, 6.07) is 9.91. The second-order valence-electron chi connectivity index (χ2n) is 7.52. The lowest BCUT2D eigenvalue weighted by Gasteiger charge is -2.30. The molecule has 0 fully saturated rings. The highest BCUT2D eigenvalue weighted by Crippen LogP contribution is 2.29. The zero-order chi connectivity index (χ0) is 22.0. The van der Waals surface area contributed by atoms with Crippen molar-refractivity contribution in [3.8, 4) is 0 Å². The zero-order valence-corrected chi connectivity index (χ0v) is 18.4. The first-order valence-electron chi connectivity index (χ1n) is 10.0. The molecule has 0 unspecified atom stereocenters. The van der Waals surface area contributed by atoms with E-state index in [4.69, 9.17) is 14.2 Å². The number of hydrogen-bond acceptors (Lipinski definition) is 5. The third kappa shape index (κ3) is 8.65. The van der Waals surface area contributed by atoms with Gasteiger partial charge in [0.2, 0.25) is 0 Å². The standard InChI is InChI=1S/C24H34O5/c1-8-22(29-24(26)16(2)3)18(5)23(14-17(4)15-27-20(7)25)28-19(6)21-12-10-9-11-13-21/h8-13,16,18-19,23H,4,14-15H2,1-3,5-7H3/b22-8-/t18-,19+,23+/m0/s1. The van der Waals surface area contributed by atoms with Crippen LogP contribution in [-0.2, 0) is 23.8 Å². The van der Waals surface area contributed by atoms with Crippen LogP contribution in [0.3, 0.4) is 0 Å². The molecule has 5 heteroatoms. The van der Waals surface area contributed by atoms with Gasteiger partial charge in [-0.15, -0.1) is 0 Å². The highest BCUT2D eigenvalue weighted by Gasteiger charge is 2.28. The van der Waals surface area contributed by atoms with Gasteiger partial charge in [-0.1, -0.05) is 57.7 Å². The van der Waals surface area contributed by atoms with Gasteiger partial charge in [-0.3, -0.25) is 9.59 Å². The summed E-state index contributed by atoms with van der Waals surface area (Å²) >= 11 is 0. The van der Waals surface area contributed by atoms with Crippen LogP contribution in [0.15, 0.2) is 54.3 Å². The van der Waals surface area contributed by atoms with Crippen molar-refractivity contribution in [2.75, 3.05) is 6.61 Å². The molecule has 1 rings (SSSR count). The number of allylic oxidation sites excluding steroid dienone is 1. The van der Waals surface area contributed by atoms with Crippen LogP contribution in [0.5, 0.6) is 0 Å². The van der Waals surface area contributed by atoms with Gasteiger partial charge in [0.05, 0.1) is 18.1 Å². The van der Waals surface area contributed by atoms with E-state index in [1.807, 2.05) is 51.1 Å². The number of rotatable bonds is 11. The molecule has 5 nitrogen and oxygen atoms in total. The van der Waals surface area contributed by atoms with Gasteiger partial charge in [0.25, 0.3) is 0 Å². The summed E-state index contributed by atoms with van der Waals surface area (Å²) in [6.45, 7) is 14.9. The number of carbonyl (C=O) groups excluding carboxylic acids is 2. The summed E-state index contributed by atoms with van der Waals surface area (Å²) in [5, 5.41) is 0. The van der Waals surface area contributed by atoms with E-state index in [9.17, 15) is 9.59 Å². The van der Waals surface area contributed by atoms with Gasteiger partial charge in [-0.05, 0) is 37.5 Å². The van der Waals surface area contributed by atoms with Gasteiger partial charge >= 0.3 is 11.9 Å². The van der Waals surface area contributed by atoms with E-state index in [0.717, 1.165) is 11.1 Å². The molecule has 0 spiro atoms.